The standard InChI is InChI=1S/C13H14ClN3O/c14-11-3-1-10(2-4-11)8-18-9-13-7-12(17-15)5-6-16-13/h1-7H,8-9,15H2,(H,16,17). The van der Waals surface area contributed by atoms with E-state index >= 15 is 0 Å². The number of nitrogens with two attached hydrogens (primary N) is 1. The lowest BCUT2D eigenvalue weighted by atomic mass is 10.2. The van der Waals surface area contributed by atoms with Gasteiger partial charge in [0.15, 0.2) is 0 Å². The van der Waals surface area contributed by atoms with Crippen molar-refractivity contribution in [3.05, 3.63) is 58.9 Å². The first-order chi connectivity index (χ1) is 8.78. The highest BCUT2D eigenvalue weighted by Gasteiger charge is 1.98. The average Bonchev–Trinajstić information content (AvgIpc) is 2.41. The Bertz CT molecular complexity index is 502. The fraction of sp³-hybridized carbons (Fsp3) is 0.154. The van der Waals surface area contributed by atoms with Crippen molar-refractivity contribution in [1.29, 1.82) is 0 Å². The number of halogens is 1. The van der Waals surface area contributed by atoms with Crippen LogP contribution >= 0.6 is 11.6 Å². The molecule has 0 radical (unpaired) electrons. The normalized spacial score (nSPS) is 10.3. The lowest BCUT2D eigenvalue weighted by Crippen LogP contribution is -2.07. The molecular weight excluding hydrogens is 250 g/mol. The maximum atomic E-state index is 5.81. The fourth-order valence-electron chi connectivity index (χ4n) is 1.50. The predicted octanol–water partition coefficient (Wildman–Crippen LogP) is 2.74. The first kappa shape index (κ1) is 12.8. The third-order valence-corrected chi connectivity index (χ3v) is 2.67. The zero-order valence-corrected chi connectivity index (χ0v) is 10.5. The molecule has 0 aliphatic heterocycles. The van der Waals surface area contributed by atoms with Crippen molar-refractivity contribution in [1.82, 2.24) is 4.98 Å². The van der Waals surface area contributed by atoms with E-state index < -0.39 is 0 Å². The Labute approximate surface area is 111 Å². The van der Waals surface area contributed by atoms with Gasteiger partial charge in [0.25, 0.3) is 0 Å². The molecule has 0 bridgehead atoms. The van der Waals surface area contributed by atoms with Crippen molar-refractivity contribution in [3.8, 4) is 0 Å². The van der Waals surface area contributed by atoms with Crippen LogP contribution in [0.15, 0.2) is 42.6 Å². The Morgan fingerprint density at radius 2 is 1.94 bits per heavy atom. The van der Waals surface area contributed by atoms with Crippen molar-refractivity contribution in [3.63, 3.8) is 0 Å². The van der Waals surface area contributed by atoms with Gasteiger partial charge in [0.2, 0.25) is 0 Å². The maximum absolute atomic E-state index is 5.81. The summed E-state index contributed by atoms with van der Waals surface area (Å²) in [4.78, 5) is 4.19. The van der Waals surface area contributed by atoms with Gasteiger partial charge in [-0.25, -0.2) is 0 Å². The Balaban J connectivity index is 1.86. The SMILES string of the molecule is NNc1ccnc(COCc2ccc(Cl)cc2)c1. The van der Waals surface area contributed by atoms with Crippen LogP contribution < -0.4 is 11.3 Å². The maximum Gasteiger partial charge on any atom is 0.0893 e. The molecule has 3 N–H and O–H groups in total. The zero-order valence-electron chi connectivity index (χ0n) is 9.77. The molecule has 0 spiro atoms. The summed E-state index contributed by atoms with van der Waals surface area (Å²) in [5.74, 6) is 5.32. The number of rotatable bonds is 5. The minimum absolute atomic E-state index is 0.443. The summed E-state index contributed by atoms with van der Waals surface area (Å²) in [6.07, 6.45) is 1.69. The lowest BCUT2D eigenvalue weighted by molar-refractivity contribution is 0.104. The van der Waals surface area contributed by atoms with Gasteiger partial charge in [0.1, 0.15) is 0 Å². The molecular formula is C13H14ClN3O. The molecule has 2 rings (SSSR count). The summed E-state index contributed by atoms with van der Waals surface area (Å²) < 4.78 is 5.57. The van der Waals surface area contributed by atoms with Crippen LogP contribution in [0.25, 0.3) is 0 Å². The van der Waals surface area contributed by atoms with Gasteiger partial charge >= 0.3 is 0 Å². The second-order valence-corrected chi connectivity index (χ2v) is 4.24. The Hall–Kier alpha value is -1.62. The van der Waals surface area contributed by atoms with Crippen molar-refractivity contribution < 1.29 is 4.74 Å². The molecule has 0 saturated carbocycles. The van der Waals surface area contributed by atoms with Crippen LogP contribution in [0.5, 0.6) is 0 Å². The van der Waals surface area contributed by atoms with Crippen LogP contribution in [0, 0.1) is 0 Å². The second kappa shape index (κ2) is 6.35. The molecule has 1 aromatic carbocycles. The smallest absolute Gasteiger partial charge is 0.0893 e. The number of nitrogens with zero attached hydrogens (tertiary/aromatic N) is 1. The molecule has 0 unspecified atom stereocenters. The van der Waals surface area contributed by atoms with Crippen LogP contribution in [-0.2, 0) is 18.0 Å². The van der Waals surface area contributed by atoms with E-state index in [9.17, 15) is 0 Å². The summed E-state index contributed by atoms with van der Waals surface area (Å²) >= 11 is 5.81. The molecule has 0 amide bonds. The van der Waals surface area contributed by atoms with Gasteiger partial charge in [-0.3, -0.25) is 10.8 Å². The molecule has 0 aliphatic carbocycles. The van der Waals surface area contributed by atoms with Gasteiger partial charge in [-0.15, -0.1) is 0 Å². The number of hydrogen-bond donors (Lipinski definition) is 2. The third-order valence-electron chi connectivity index (χ3n) is 2.42. The van der Waals surface area contributed by atoms with Gasteiger partial charge in [-0.2, -0.15) is 0 Å². The van der Waals surface area contributed by atoms with E-state index in [-0.39, 0.29) is 0 Å². The zero-order chi connectivity index (χ0) is 12.8. The highest BCUT2D eigenvalue weighted by Crippen LogP contribution is 2.12. The lowest BCUT2D eigenvalue weighted by Gasteiger charge is -2.06. The predicted molar refractivity (Wildman–Crippen MR) is 72.0 cm³/mol. The highest BCUT2D eigenvalue weighted by atomic mass is 35.5. The van der Waals surface area contributed by atoms with Gasteiger partial charge in [-0.05, 0) is 29.8 Å². The van der Waals surface area contributed by atoms with E-state index in [1.165, 1.54) is 0 Å². The van der Waals surface area contributed by atoms with Crippen molar-refractivity contribution >= 4 is 17.3 Å². The van der Waals surface area contributed by atoms with E-state index in [2.05, 4.69) is 10.4 Å². The highest BCUT2D eigenvalue weighted by molar-refractivity contribution is 6.30. The topological polar surface area (TPSA) is 60.2 Å². The number of ether oxygens (including phenoxy) is 1. The van der Waals surface area contributed by atoms with Gasteiger partial charge in [0, 0.05) is 11.2 Å². The number of hydrogen-bond acceptors (Lipinski definition) is 4. The fourth-order valence-corrected chi connectivity index (χ4v) is 1.63. The molecule has 5 heteroatoms. The second-order valence-electron chi connectivity index (χ2n) is 3.80. The summed E-state index contributed by atoms with van der Waals surface area (Å²) in [6, 6.07) is 11.2. The molecule has 0 fully saturated rings. The molecule has 4 nitrogen and oxygen atoms in total. The minimum atomic E-state index is 0.443. The number of pyridine rings is 1. The van der Waals surface area contributed by atoms with Crippen LogP contribution in [0.4, 0.5) is 5.69 Å². The van der Waals surface area contributed by atoms with Gasteiger partial charge in [0.05, 0.1) is 24.6 Å². The molecule has 1 aromatic heterocycles. The van der Waals surface area contributed by atoms with Crippen LogP contribution in [0.1, 0.15) is 11.3 Å². The van der Waals surface area contributed by atoms with E-state index in [1.54, 1.807) is 12.3 Å². The monoisotopic (exact) mass is 263 g/mol. The van der Waals surface area contributed by atoms with E-state index in [4.69, 9.17) is 22.2 Å². The minimum Gasteiger partial charge on any atom is -0.370 e. The molecule has 0 saturated heterocycles. The third kappa shape index (κ3) is 3.70. The van der Waals surface area contributed by atoms with Crippen LogP contribution in [0.3, 0.4) is 0 Å². The molecule has 94 valence electrons. The number of benzene rings is 1. The molecule has 1 heterocycles. The number of anilines is 1. The number of nitrogens with one attached hydrogen (secondary N) is 1. The Morgan fingerprint density at radius 3 is 2.67 bits per heavy atom. The van der Waals surface area contributed by atoms with Crippen LogP contribution in [0.2, 0.25) is 5.02 Å². The van der Waals surface area contributed by atoms with Crippen molar-refractivity contribution in [2.45, 2.75) is 13.2 Å². The largest absolute Gasteiger partial charge is 0.370 e. The quantitative estimate of drug-likeness (QED) is 0.643. The van der Waals surface area contributed by atoms with Crippen molar-refractivity contribution in [2.75, 3.05) is 5.43 Å². The first-order valence-corrected chi connectivity index (χ1v) is 5.89. The molecule has 18 heavy (non-hydrogen) atoms. The summed E-state index contributed by atoms with van der Waals surface area (Å²) in [7, 11) is 0. The number of aromatic nitrogens is 1. The van der Waals surface area contributed by atoms with Gasteiger partial charge < -0.3 is 10.2 Å². The molecule has 0 atom stereocenters. The summed E-state index contributed by atoms with van der Waals surface area (Å²) in [5.41, 5.74) is 5.30. The first-order valence-electron chi connectivity index (χ1n) is 5.51. The van der Waals surface area contributed by atoms with E-state index in [0.717, 1.165) is 22.0 Å². The van der Waals surface area contributed by atoms with Crippen molar-refractivity contribution in [2.24, 2.45) is 5.84 Å². The average molecular weight is 264 g/mol. The van der Waals surface area contributed by atoms with E-state index in [1.807, 2.05) is 30.3 Å². The molecule has 2 aromatic rings. The summed E-state index contributed by atoms with van der Waals surface area (Å²) in [6.45, 7) is 0.970. The Kier molecular flexibility index (Phi) is 4.52. The number of hydrazine groups is 1. The van der Waals surface area contributed by atoms with E-state index in [0.29, 0.717) is 13.2 Å². The van der Waals surface area contributed by atoms with Crippen LogP contribution in [-0.4, -0.2) is 4.98 Å². The van der Waals surface area contributed by atoms with Gasteiger partial charge in [-0.1, -0.05) is 23.7 Å². The Morgan fingerprint density at radius 1 is 1.17 bits per heavy atom. The number of nitrogen functional groups attached to an aromatic ring is 1. The molecule has 0 aliphatic rings. The summed E-state index contributed by atoms with van der Waals surface area (Å²) in [5, 5.41) is 0.724.